The third-order valence-corrected chi connectivity index (χ3v) is 3.22. The lowest BCUT2D eigenvalue weighted by atomic mass is 10.1. The Balaban J connectivity index is 2.28. The molecule has 0 aliphatic carbocycles. The van der Waals surface area contributed by atoms with Crippen LogP contribution in [0, 0.1) is 13.8 Å². The molecule has 5 heteroatoms. The van der Waals surface area contributed by atoms with Gasteiger partial charge in [-0.15, -0.1) is 0 Å². The summed E-state index contributed by atoms with van der Waals surface area (Å²) in [7, 11) is 3.13. The van der Waals surface area contributed by atoms with Gasteiger partial charge in [0.2, 0.25) is 0 Å². The van der Waals surface area contributed by atoms with Gasteiger partial charge in [-0.2, -0.15) is 0 Å². The van der Waals surface area contributed by atoms with Crippen molar-refractivity contribution in [1.82, 2.24) is 9.13 Å². The minimum absolute atomic E-state index is 0.259. The highest BCUT2D eigenvalue weighted by atomic mass is 16.2. The molecule has 5 nitrogen and oxygen atoms in total. The smallest absolute Gasteiger partial charge is 0.330 e. The number of benzene rings is 1. The van der Waals surface area contributed by atoms with Crippen LogP contribution in [0.25, 0.3) is 0 Å². The number of nitrogens with zero attached hydrogens (tertiary/aromatic N) is 2. The summed E-state index contributed by atoms with van der Waals surface area (Å²) in [6.07, 6.45) is 1.58. The van der Waals surface area contributed by atoms with Crippen LogP contribution in [0.4, 0.5) is 5.69 Å². The van der Waals surface area contributed by atoms with E-state index >= 15 is 0 Å². The first-order valence-electron chi connectivity index (χ1n) is 6.46. The number of aryl methyl sites for hydroxylation is 3. The monoisotopic (exact) mass is 273 g/mol. The number of aromatic nitrogens is 2. The van der Waals surface area contributed by atoms with Gasteiger partial charge in [0.25, 0.3) is 5.56 Å². The average molecular weight is 273 g/mol. The van der Waals surface area contributed by atoms with E-state index in [1.807, 2.05) is 26.0 Å². The SMILES string of the molecule is Cc1cc(C)cc(NCc2cn(C)c(=O)n(C)c2=O)c1. The van der Waals surface area contributed by atoms with Gasteiger partial charge in [-0.25, -0.2) is 4.79 Å². The maximum atomic E-state index is 12.0. The molecule has 0 spiro atoms. The van der Waals surface area contributed by atoms with Crippen LogP contribution >= 0.6 is 0 Å². The van der Waals surface area contributed by atoms with Crippen LogP contribution in [-0.2, 0) is 20.6 Å². The quantitative estimate of drug-likeness (QED) is 0.917. The molecular formula is C15H19N3O2. The molecule has 0 unspecified atom stereocenters. The van der Waals surface area contributed by atoms with Crippen molar-refractivity contribution < 1.29 is 0 Å². The van der Waals surface area contributed by atoms with E-state index in [1.54, 1.807) is 13.2 Å². The van der Waals surface area contributed by atoms with E-state index in [4.69, 9.17) is 0 Å². The van der Waals surface area contributed by atoms with Crippen molar-refractivity contribution in [3.8, 4) is 0 Å². The molecule has 106 valence electrons. The highest BCUT2D eigenvalue weighted by Gasteiger charge is 2.06. The maximum absolute atomic E-state index is 12.0. The molecule has 2 aromatic rings. The second-order valence-corrected chi connectivity index (χ2v) is 5.14. The topological polar surface area (TPSA) is 56.0 Å². The summed E-state index contributed by atoms with van der Waals surface area (Å²) in [6.45, 7) is 4.45. The Morgan fingerprint density at radius 2 is 1.65 bits per heavy atom. The number of hydrogen-bond acceptors (Lipinski definition) is 3. The zero-order valence-electron chi connectivity index (χ0n) is 12.2. The predicted octanol–water partition coefficient (Wildman–Crippen LogP) is 1.31. The fourth-order valence-electron chi connectivity index (χ4n) is 2.28. The van der Waals surface area contributed by atoms with E-state index in [9.17, 15) is 9.59 Å². The summed E-state index contributed by atoms with van der Waals surface area (Å²) >= 11 is 0. The minimum atomic E-state index is -0.315. The Bertz CT molecular complexity index is 736. The van der Waals surface area contributed by atoms with Crippen molar-refractivity contribution in [1.29, 1.82) is 0 Å². The number of rotatable bonds is 3. The minimum Gasteiger partial charge on any atom is -0.381 e. The molecule has 1 N–H and O–H groups in total. The molecule has 0 aliphatic heterocycles. The van der Waals surface area contributed by atoms with Crippen LogP contribution in [0.3, 0.4) is 0 Å². The van der Waals surface area contributed by atoms with Crippen molar-refractivity contribution in [3.63, 3.8) is 0 Å². The first-order chi connectivity index (χ1) is 9.38. The molecule has 0 atom stereocenters. The van der Waals surface area contributed by atoms with Crippen LogP contribution in [-0.4, -0.2) is 9.13 Å². The van der Waals surface area contributed by atoms with Crippen LogP contribution in [0.2, 0.25) is 0 Å². The molecule has 0 saturated carbocycles. The van der Waals surface area contributed by atoms with Gasteiger partial charge in [0, 0.05) is 32.5 Å². The summed E-state index contributed by atoms with van der Waals surface area (Å²) in [5.74, 6) is 0. The van der Waals surface area contributed by atoms with Gasteiger partial charge >= 0.3 is 5.69 Å². The van der Waals surface area contributed by atoms with Gasteiger partial charge in [0.05, 0.1) is 5.56 Å². The van der Waals surface area contributed by atoms with Gasteiger partial charge in [0.1, 0.15) is 0 Å². The fraction of sp³-hybridized carbons (Fsp3) is 0.333. The van der Waals surface area contributed by atoms with Crippen LogP contribution in [0.1, 0.15) is 16.7 Å². The molecule has 0 fully saturated rings. The van der Waals surface area contributed by atoms with Crippen LogP contribution < -0.4 is 16.6 Å². The zero-order chi connectivity index (χ0) is 14.9. The number of nitrogens with one attached hydrogen (secondary N) is 1. The van der Waals surface area contributed by atoms with Gasteiger partial charge < -0.3 is 9.88 Å². The third-order valence-electron chi connectivity index (χ3n) is 3.22. The highest BCUT2D eigenvalue weighted by molar-refractivity contribution is 5.48. The summed E-state index contributed by atoms with van der Waals surface area (Å²) in [5, 5.41) is 3.23. The largest absolute Gasteiger partial charge is 0.381 e. The number of anilines is 1. The first-order valence-corrected chi connectivity index (χ1v) is 6.46. The summed E-state index contributed by atoms with van der Waals surface area (Å²) in [4.78, 5) is 23.6. The Morgan fingerprint density at radius 3 is 2.25 bits per heavy atom. The summed E-state index contributed by atoms with van der Waals surface area (Å²) in [6, 6.07) is 6.15. The van der Waals surface area contributed by atoms with E-state index in [0.29, 0.717) is 12.1 Å². The molecule has 0 aliphatic rings. The molecule has 20 heavy (non-hydrogen) atoms. The van der Waals surface area contributed by atoms with E-state index in [1.165, 1.54) is 22.7 Å². The van der Waals surface area contributed by atoms with Gasteiger partial charge in [0.15, 0.2) is 0 Å². The molecule has 2 rings (SSSR count). The van der Waals surface area contributed by atoms with Gasteiger partial charge in [-0.05, 0) is 37.1 Å². The zero-order valence-corrected chi connectivity index (χ0v) is 12.2. The van der Waals surface area contributed by atoms with E-state index in [2.05, 4.69) is 11.4 Å². The van der Waals surface area contributed by atoms with Crippen molar-refractivity contribution >= 4 is 5.69 Å². The second kappa shape index (κ2) is 5.36. The molecule has 0 radical (unpaired) electrons. The highest BCUT2D eigenvalue weighted by Crippen LogP contribution is 2.14. The van der Waals surface area contributed by atoms with Crippen molar-refractivity contribution in [3.05, 3.63) is 61.9 Å². The number of hydrogen-bond donors (Lipinski definition) is 1. The lowest BCUT2D eigenvalue weighted by Crippen LogP contribution is -2.38. The average Bonchev–Trinajstić information content (AvgIpc) is 2.38. The lowest BCUT2D eigenvalue weighted by molar-refractivity contribution is 0.671. The normalized spacial score (nSPS) is 10.6. The summed E-state index contributed by atoms with van der Waals surface area (Å²) in [5.41, 5.74) is 3.30. The van der Waals surface area contributed by atoms with Crippen LogP contribution in [0.15, 0.2) is 34.0 Å². The molecule has 0 amide bonds. The van der Waals surface area contributed by atoms with E-state index < -0.39 is 0 Å². The molecule has 0 saturated heterocycles. The molecule has 1 aromatic carbocycles. The Hall–Kier alpha value is -2.30. The van der Waals surface area contributed by atoms with Crippen molar-refractivity contribution in [2.75, 3.05) is 5.32 Å². The molecular weight excluding hydrogens is 254 g/mol. The standard InChI is InChI=1S/C15H19N3O2/c1-10-5-11(2)7-13(6-10)16-8-12-9-17(3)15(20)18(4)14(12)19/h5-7,9,16H,8H2,1-4H3. The van der Waals surface area contributed by atoms with Crippen LogP contribution in [0.5, 0.6) is 0 Å². The Morgan fingerprint density at radius 1 is 1.05 bits per heavy atom. The van der Waals surface area contributed by atoms with Crippen molar-refractivity contribution in [2.24, 2.45) is 14.1 Å². The van der Waals surface area contributed by atoms with E-state index in [-0.39, 0.29) is 11.2 Å². The summed E-state index contributed by atoms with van der Waals surface area (Å²) < 4.78 is 2.54. The Kier molecular flexibility index (Phi) is 3.79. The van der Waals surface area contributed by atoms with Gasteiger partial charge in [-0.1, -0.05) is 6.07 Å². The molecule has 0 bridgehead atoms. The predicted molar refractivity (Wildman–Crippen MR) is 80.2 cm³/mol. The van der Waals surface area contributed by atoms with E-state index in [0.717, 1.165) is 10.3 Å². The maximum Gasteiger partial charge on any atom is 0.330 e. The van der Waals surface area contributed by atoms with Crippen molar-refractivity contribution in [2.45, 2.75) is 20.4 Å². The fourth-order valence-corrected chi connectivity index (χ4v) is 2.28. The van der Waals surface area contributed by atoms with Gasteiger partial charge in [-0.3, -0.25) is 9.36 Å². The lowest BCUT2D eigenvalue weighted by Gasteiger charge is -2.10. The second-order valence-electron chi connectivity index (χ2n) is 5.14. The third kappa shape index (κ3) is 2.82. The first kappa shape index (κ1) is 14.1. The molecule has 1 heterocycles. The molecule has 1 aromatic heterocycles. The Labute approximate surface area is 117 Å².